The molecule has 0 saturated carbocycles. The second kappa shape index (κ2) is 6.22. The van der Waals surface area contributed by atoms with E-state index in [0.29, 0.717) is 5.56 Å². The van der Waals surface area contributed by atoms with Crippen LogP contribution in [0.25, 0.3) is 0 Å². The van der Waals surface area contributed by atoms with Crippen LogP contribution >= 0.6 is 0 Å². The van der Waals surface area contributed by atoms with E-state index in [1.807, 2.05) is 31.2 Å². The molecule has 5 heteroatoms. The molecule has 0 amide bonds. The predicted molar refractivity (Wildman–Crippen MR) is 79.5 cm³/mol. The number of carbonyl (C=O) groups is 1. The maximum Gasteiger partial charge on any atom is 0.418 e. The fourth-order valence-electron chi connectivity index (χ4n) is 2.30. The fraction of sp³-hybridized carbons (Fsp3) is 0.235. The molecule has 0 aliphatic heterocycles. The van der Waals surface area contributed by atoms with Crippen LogP contribution < -0.4 is 5.73 Å². The van der Waals surface area contributed by atoms with Crippen LogP contribution in [-0.4, -0.2) is 5.78 Å². The molecular weight excluding hydrogens is 291 g/mol. The lowest BCUT2D eigenvalue weighted by atomic mass is 9.99. The highest BCUT2D eigenvalue weighted by Crippen LogP contribution is 2.34. The summed E-state index contributed by atoms with van der Waals surface area (Å²) >= 11 is 0. The Balaban J connectivity index is 2.12. The van der Waals surface area contributed by atoms with Crippen molar-refractivity contribution in [2.75, 3.05) is 5.73 Å². The summed E-state index contributed by atoms with van der Waals surface area (Å²) in [7, 11) is 0. The molecule has 0 fully saturated rings. The molecule has 116 valence electrons. The number of carbonyl (C=O) groups excluding carboxylic acids is 1. The number of aryl methyl sites for hydroxylation is 1. The van der Waals surface area contributed by atoms with Gasteiger partial charge < -0.3 is 5.73 Å². The molecule has 0 bridgehead atoms. The van der Waals surface area contributed by atoms with E-state index in [2.05, 4.69) is 0 Å². The summed E-state index contributed by atoms with van der Waals surface area (Å²) < 4.78 is 38.4. The predicted octanol–water partition coefficient (Wildman–Crippen LogP) is 3.95. The first-order valence-electron chi connectivity index (χ1n) is 6.78. The van der Waals surface area contributed by atoms with E-state index in [9.17, 15) is 18.0 Å². The lowest BCUT2D eigenvalue weighted by molar-refractivity contribution is -0.137. The third-order valence-electron chi connectivity index (χ3n) is 3.31. The van der Waals surface area contributed by atoms with Gasteiger partial charge in [-0.15, -0.1) is 0 Å². The van der Waals surface area contributed by atoms with Crippen LogP contribution in [0.3, 0.4) is 0 Å². The van der Waals surface area contributed by atoms with Gasteiger partial charge in [0.25, 0.3) is 0 Å². The number of Topliss-reactive ketones (excluding diaryl/α,β-unsaturated/α-hetero) is 1. The number of ketones is 1. The Morgan fingerprint density at radius 1 is 1.05 bits per heavy atom. The van der Waals surface area contributed by atoms with Crippen molar-refractivity contribution < 1.29 is 18.0 Å². The largest absolute Gasteiger partial charge is 0.418 e. The first-order valence-corrected chi connectivity index (χ1v) is 6.78. The molecule has 0 heterocycles. The number of hydrogen-bond donors (Lipinski definition) is 1. The lowest BCUT2D eigenvalue weighted by Crippen LogP contribution is -2.11. The first kappa shape index (κ1) is 16.1. The fourth-order valence-corrected chi connectivity index (χ4v) is 2.30. The van der Waals surface area contributed by atoms with Gasteiger partial charge in [-0.25, -0.2) is 0 Å². The Morgan fingerprint density at radius 3 is 2.27 bits per heavy atom. The van der Waals surface area contributed by atoms with Gasteiger partial charge in [0.1, 0.15) is 5.78 Å². The standard InChI is InChI=1S/C17H16F3NO/c1-11-3-2-4-12(7-11)8-14(22)9-13-5-6-16(21)15(10-13)17(18,19)20/h2-7,10H,8-9,21H2,1H3. The van der Waals surface area contributed by atoms with E-state index in [-0.39, 0.29) is 24.3 Å². The van der Waals surface area contributed by atoms with Crippen molar-refractivity contribution in [3.8, 4) is 0 Å². The molecule has 2 rings (SSSR count). The normalized spacial score (nSPS) is 11.5. The van der Waals surface area contributed by atoms with Gasteiger partial charge in [-0.1, -0.05) is 35.9 Å². The lowest BCUT2D eigenvalue weighted by Gasteiger charge is -2.11. The minimum atomic E-state index is -4.51. The molecule has 0 radical (unpaired) electrons. The molecule has 0 atom stereocenters. The van der Waals surface area contributed by atoms with E-state index in [1.165, 1.54) is 12.1 Å². The van der Waals surface area contributed by atoms with Crippen LogP contribution in [-0.2, 0) is 23.8 Å². The van der Waals surface area contributed by atoms with Gasteiger partial charge in [0.15, 0.2) is 0 Å². The molecule has 2 N–H and O–H groups in total. The molecule has 0 aliphatic rings. The summed E-state index contributed by atoms with van der Waals surface area (Å²) in [5, 5.41) is 0. The van der Waals surface area contributed by atoms with Crippen molar-refractivity contribution in [3.63, 3.8) is 0 Å². The maximum atomic E-state index is 12.8. The van der Waals surface area contributed by atoms with Crippen molar-refractivity contribution in [3.05, 3.63) is 64.7 Å². The molecule has 0 spiro atoms. The number of benzene rings is 2. The Bertz CT molecular complexity index is 693. The molecule has 22 heavy (non-hydrogen) atoms. The van der Waals surface area contributed by atoms with Gasteiger partial charge >= 0.3 is 6.18 Å². The first-order chi connectivity index (χ1) is 10.3. The minimum Gasteiger partial charge on any atom is -0.398 e. The summed E-state index contributed by atoms with van der Waals surface area (Å²) in [6.07, 6.45) is -4.36. The third-order valence-corrected chi connectivity index (χ3v) is 3.31. The Hall–Kier alpha value is -2.30. The van der Waals surface area contributed by atoms with Crippen LogP contribution in [0, 0.1) is 6.92 Å². The second-order valence-corrected chi connectivity index (χ2v) is 5.30. The number of alkyl halides is 3. The topological polar surface area (TPSA) is 43.1 Å². The molecule has 2 aromatic rings. The Morgan fingerprint density at radius 2 is 1.68 bits per heavy atom. The number of nitrogens with two attached hydrogens (primary N) is 1. The maximum absolute atomic E-state index is 12.8. The van der Waals surface area contributed by atoms with Gasteiger partial charge in [-0.05, 0) is 30.2 Å². The second-order valence-electron chi connectivity index (χ2n) is 5.30. The quantitative estimate of drug-likeness (QED) is 0.869. The molecule has 0 aromatic heterocycles. The van der Waals surface area contributed by atoms with Crippen LogP contribution in [0.4, 0.5) is 18.9 Å². The van der Waals surface area contributed by atoms with E-state index in [0.717, 1.165) is 17.2 Å². The zero-order valence-corrected chi connectivity index (χ0v) is 12.1. The molecular formula is C17H16F3NO. The van der Waals surface area contributed by atoms with E-state index in [1.54, 1.807) is 0 Å². The molecule has 2 aromatic carbocycles. The SMILES string of the molecule is Cc1cccc(CC(=O)Cc2ccc(N)c(C(F)(F)F)c2)c1. The van der Waals surface area contributed by atoms with E-state index >= 15 is 0 Å². The summed E-state index contributed by atoms with van der Waals surface area (Å²) in [5.74, 6) is -0.136. The smallest absolute Gasteiger partial charge is 0.398 e. The van der Waals surface area contributed by atoms with Gasteiger partial charge in [0.2, 0.25) is 0 Å². The average molecular weight is 307 g/mol. The summed E-state index contributed by atoms with van der Waals surface area (Å²) in [4.78, 5) is 12.0. The Labute approximate surface area is 126 Å². The minimum absolute atomic E-state index is 0.0443. The molecule has 0 unspecified atom stereocenters. The number of nitrogen functional groups attached to an aromatic ring is 1. The number of hydrogen-bond acceptors (Lipinski definition) is 2. The number of halogens is 3. The molecule has 0 aliphatic carbocycles. The zero-order chi connectivity index (χ0) is 16.3. The Kier molecular flexibility index (Phi) is 4.54. The highest BCUT2D eigenvalue weighted by atomic mass is 19.4. The van der Waals surface area contributed by atoms with Crippen molar-refractivity contribution in [2.24, 2.45) is 0 Å². The highest BCUT2D eigenvalue weighted by molar-refractivity contribution is 5.83. The van der Waals surface area contributed by atoms with Crippen molar-refractivity contribution in [2.45, 2.75) is 25.9 Å². The van der Waals surface area contributed by atoms with Crippen molar-refractivity contribution >= 4 is 11.5 Å². The van der Waals surface area contributed by atoms with Gasteiger partial charge in [-0.3, -0.25) is 4.79 Å². The summed E-state index contributed by atoms with van der Waals surface area (Å²) in [5.41, 5.74) is 6.33. The number of rotatable bonds is 4. The zero-order valence-electron chi connectivity index (χ0n) is 12.1. The summed E-state index contributed by atoms with van der Waals surface area (Å²) in [6, 6.07) is 11.1. The van der Waals surface area contributed by atoms with E-state index < -0.39 is 11.7 Å². The van der Waals surface area contributed by atoms with Crippen LogP contribution in [0.2, 0.25) is 0 Å². The van der Waals surface area contributed by atoms with Crippen LogP contribution in [0.15, 0.2) is 42.5 Å². The monoisotopic (exact) mass is 307 g/mol. The summed E-state index contributed by atoms with van der Waals surface area (Å²) in [6.45, 7) is 1.92. The third kappa shape index (κ3) is 4.10. The average Bonchev–Trinajstić information content (AvgIpc) is 2.39. The van der Waals surface area contributed by atoms with E-state index in [4.69, 9.17) is 5.73 Å². The van der Waals surface area contributed by atoms with Crippen molar-refractivity contribution in [1.29, 1.82) is 0 Å². The van der Waals surface area contributed by atoms with Crippen LogP contribution in [0.1, 0.15) is 22.3 Å². The molecule has 2 nitrogen and oxygen atoms in total. The van der Waals surface area contributed by atoms with Gasteiger partial charge in [0, 0.05) is 18.5 Å². The molecule has 0 saturated heterocycles. The van der Waals surface area contributed by atoms with Crippen molar-refractivity contribution in [1.82, 2.24) is 0 Å². The van der Waals surface area contributed by atoms with Gasteiger partial charge in [-0.2, -0.15) is 13.2 Å². The number of anilines is 1. The van der Waals surface area contributed by atoms with Crippen LogP contribution in [0.5, 0.6) is 0 Å². The highest BCUT2D eigenvalue weighted by Gasteiger charge is 2.33. The van der Waals surface area contributed by atoms with Gasteiger partial charge in [0.05, 0.1) is 5.56 Å².